The van der Waals surface area contributed by atoms with Crippen LogP contribution in [0.15, 0.2) is 35.2 Å². The van der Waals surface area contributed by atoms with Crippen LogP contribution in [-0.4, -0.2) is 18.9 Å². The van der Waals surface area contributed by atoms with E-state index in [1.54, 1.807) is 6.07 Å². The molecule has 0 amide bonds. The summed E-state index contributed by atoms with van der Waals surface area (Å²) in [5.41, 5.74) is 1.64. The summed E-state index contributed by atoms with van der Waals surface area (Å²) < 4.78 is 14.5. The summed E-state index contributed by atoms with van der Waals surface area (Å²) in [4.78, 5) is 13.3. The maximum atomic E-state index is 13.9. The summed E-state index contributed by atoms with van der Waals surface area (Å²) in [5.74, 6) is -0.0711. The van der Waals surface area contributed by atoms with Crippen molar-refractivity contribution in [3.8, 4) is 0 Å². The molecule has 1 aromatic heterocycles. The van der Waals surface area contributed by atoms with Crippen molar-refractivity contribution in [1.29, 1.82) is 0 Å². The molecule has 4 heteroatoms. The highest BCUT2D eigenvalue weighted by Gasteiger charge is 2.41. The number of ketones is 1. The Morgan fingerprint density at radius 2 is 2.30 bits per heavy atom. The lowest BCUT2D eigenvalue weighted by molar-refractivity contribution is 0.0806. The van der Waals surface area contributed by atoms with Gasteiger partial charge in [-0.3, -0.25) is 4.79 Å². The molecule has 1 saturated heterocycles. The summed E-state index contributed by atoms with van der Waals surface area (Å²) in [5, 5.41) is 5.94. The standard InChI is InChI=1S/C19H22FNOS/c1-3-13(2)7-8-19(9-10-21-12-19)18(22)15-11-23-17-14(15)5-4-6-16(17)20/h3-6,11,21H,7-10,12H2,1-2H3. The average Bonchev–Trinajstić information content (AvgIpc) is 3.20. The van der Waals surface area contributed by atoms with Crippen molar-refractivity contribution in [2.45, 2.75) is 33.1 Å². The number of carbonyl (C=O) groups excluding carboxylic acids is 1. The molecular weight excluding hydrogens is 309 g/mol. The minimum atomic E-state index is -0.357. The van der Waals surface area contributed by atoms with Gasteiger partial charge in [-0.1, -0.05) is 23.8 Å². The fourth-order valence-corrected chi connectivity index (χ4v) is 4.28. The number of allylic oxidation sites excluding steroid dienone is 2. The van der Waals surface area contributed by atoms with Crippen LogP contribution in [0, 0.1) is 11.2 Å². The molecule has 2 aromatic rings. The molecule has 23 heavy (non-hydrogen) atoms. The number of fused-ring (bicyclic) bond motifs is 1. The molecule has 1 fully saturated rings. The van der Waals surface area contributed by atoms with Crippen LogP contribution < -0.4 is 5.32 Å². The van der Waals surface area contributed by atoms with E-state index in [-0.39, 0.29) is 17.0 Å². The Hall–Kier alpha value is -1.52. The Kier molecular flexibility index (Phi) is 4.64. The third kappa shape index (κ3) is 2.98. The summed E-state index contributed by atoms with van der Waals surface area (Å²) in [6.07, 6.45) is 4.74. The van der Waals surface area contributed by atoms with E-state index in [1.807, 2.05) is 18.4 Å². The van der Waals surface area contributed by atoms with Gasteiger partial charge < -0.3 is 5.32 Å². The fourth-order valence-electron chi connectivity index (χ4n) is 3.33. The molecule has 0 radical (unpaired) electrons. The summed E-state index contributed by atoms with van der Waals surface area (Å²) in [7, 11) is 0. The van der Waals surface area contributed by atoms with Crippen molar-refractivity contribution < 1.29 is 9.18 Å². The van der Waals surface area contributed by atoms with Crippen molar-refractivity contribution in [1.82, 2.24) is 5.32 Å². The molecule has 1 unspecified atom stereocenters. The van der Waals surface area contributed by atoms with E-state index in [0.29, 0.717) is 10.3 Å². The summed E-state index contributed by atoms with van der Waals surface area (Å²) in [6.45, 7) is 5.73. The van der Waals surface area contributed by atoms with Gasteiger partial charge in [0, 0.05) is 28.3 Å². The second-order valence-corrected chi connectivity index (χ2v) is 7.32. The zero-order valence-corrected chi connectivity index (χ0v) is 14.4. The zero-order valence-electron chi connectivity index (χ0n) is 13.6. The lowest BCUT2D eigenvalue weighted by Crippen LogP contribution is -2.33. The molecule has 122 valence electrons. The number of benzene rings is 1. The predicted octanol–water partition coefficient (Wildman–Crippen LogP) is 4.95. The molecule has 1 aliphatic rings. The SMILES string of the molecule is CC=C(C)CCC1(C(=O)c2csc3c(F)cccc23)CCNC1. The Labute approximate surface area is 140 Å². The van der Waals surface area contributed by atoms with Crippen molar-refractivity contribution in [2.24, 2.45) is 5.41 Å². The highest BCUT2D eigenvalue weighted by atomic mass is 32.1. The first kappa shape index (κ1) is 16.3. The van der Waals surface area contributed by atoms with Gasteiger partial charge in [0.25, 0.3) is 0 Å². The lowest BCUT2D eigenvalue weighted by atomic mass is 9.75. The monoisotopic (exact) mass is 331 g/mol. The number of nitrogens with one attached hydrogen (secondary N) is 1. The zero-order chi connectivity index (χ0) is 16.4. The van der Waals surface area contributed by atoms with E-state index in [2.05, 4.69) is 18.3 Å². The van der Waals surface area contributed by atoms with Gasteiger partial charge in [-0.25, -0.2) is 4.39 Å². The van der Waals surface area contributed by atoms with E-state index in [4.69, 9.17) is 0 Å². The second kappa shape index (κ2) is 6.54. The van der Waals surface area contributed by atoms with Crippen molar-refractivity contribution in [3.05, 3.63) is 46.6 Å². The molecule has 2 nitrogen and oxygen atoms in total. The number of thiophene rings is 1. The number of hydrogen-bond donors (Lipinski definition) is 1. The van der Waals surface area contributed by atoms with Crippen LogP contribution in [0.5, 0.6) is 0 Å². The molecule has 0 saturated carbocycles. The maximum absolute atomic E-state index is 13.9. The second-order valence-electron chi connectivity index (χ2n) is 6.44. The quantitative estimate of drug-likeness (QED) is 0.620. The van der Waals surface area contributed by atoms with Crippen LogP contribution in [0.25, 0.3) is 10.1 Å². The van der Waals surface area contributed by atoms with E-state index < -0.39 is 0 Å². The van der Waals surface area contributed by atoms with Crippen LogP contribution in [0.2, 0.25) is 0 Å². The predicted molar refractivity (Wildman–Crippen MR) is 94.7 cm³/mol. The highest BCUT2D eigenvalue weighted by molar-refractivity contribution is 7.17. The van der Waals surface area contributed by atoms with Crippen LogP contribution in [-0.2, 0) is 0 Å². The van der Waals surface area contributed by atoms with Crippen molar-refractivity contribution in [2.75, 3.05) is 13.1 Å². The number of Topliss-reactive ketones (excluding diaryl/α,β-unsaturated/α-hetero) is 1. The van der Waals surface area contributed by atoms with E-state index in [0.717, 1.165) is 37.7 Å². The van der Waals surface area contributed by atoms with Crippen molar-refractivity contribution >= 4 is 27.2 Å². The molecule has 0 aliphatic carbocycles. The van der Waals surface area contributed by atoms with Crippen molar-refractivity contribution in [3.63, 3.8) is 0 Å². The highest BCUT2D eigenvalue weighted by Crippen LogP contribution is 2.39. The largest absolute Gasteiger partial charge is 0.316 e. The average molecular weight is 331 g/mol. The molecular formula is C19H22FNOS. The Morgan fingerprint density at radius 3 is 3.00 bits per heavy atom. The van der Waals surface area contributed by atoms with Gasteiger partial charge in [-0.2, -0.15) is 0 Å². The molecule has 3 rings (SSSR count). The van der Waals surface area contributed by atoms with Crippen LogP contribution >= 0.6 is 11.3 Å². The fraction of sp³-hybridized carbons (Fsp3) is 0.421. The summed E-state index contributed by atoms with van der Waals surface area (Å²) >= 11 is 1.33. The molecule has 0 bridgehead atoms. The minimum absolute atomic E-state index is 0.170. The number of halogens is 1. The van der Waals surface area contributed by atoms with Gasteiger partial charge in [0.1, 0.15) is 5.82 Å². The Bertz CT molecular complexity index is 756. The topological polar surface area (TPSA) is 29.1 Å². The van der Waals surface area contributed by atoms with Gasteiger partial charge in [-0.05, 0) is 45.7 Å². The first-order chi connectivity index (χ1) is 11.1. The minimum Gasteiger partial charge on any atom is -0.316 e. The number of carbonyl (C=O) groups is 1. The third-order valence-electron chi connectivity index (χ3n) is 5.01. The molecule has 1 aliphatic heterocycles. The lowest BCUT2D eigenvalue weighted by Gasteiger charge is -2.26. The summed E-state index contributed by atoms with van der Waals surface area (Å²) in [6, 6.07) is 5.00. The maximum Gasteiger partial charge on any atom is 0.171 e. The smallest absolute Gasteiger partial charge is 0.171 e. The molecule has 0 spiro atoms. The van der Waals surface area contributed by atoms with Crippen LogP contribution in [0.1, 0.15) is 43.5 Å². The van der Waals surface area contributed by atoms with Crippen LogP contribution in [0.4, 0.5) is 4.39 Å². The van der Waals surface area contributed by atoms with Gasteiger partial charge in [-0.15, -0.1) is 11.3 Å². The molecule has 1 atom stereocenters. The van der Waals surface area contributed by atoms with Gasteiger partial charge in [0.05, 0.1) is 4.70 Å². The third-order valence-corrected chi connectivity index (χ3v) is 6.02. The van der Waals surface area contributed by atoms with Gasteiger partial charge in [0.2, 0.25) is 0 Å². The van der Waals surface area contributed by atoms with E-state index in [1.165, 1.54) is 23.0 Å². The molecule has 2 heterocycles. The molecule has 1 N–H and O–H groups in total. The normalized spacial score (nSPS) is 22.0. The van der Waals surface area contributed by atoms with E-state index >= 15 is 0 Å². The Balaban J connectivity index is 1.96. The number of rotatable bonds is 5. The Morgan fingerprint density at radius 1 is 1.48 bits per heavy atom. The molecule has 1 aromatic carbocycles. The van der Waals surface area contributed by atoms with Gasteiger partial charge in [0.15, 0.2) is 5.78 Å². The number of hydrogen-bond acceptors (Lipinski definition) is 3. The van der Waals surface area contributed by atoms with E-state index in [9.17, 15) is 9.18 Å². The first-order valence-electron chi connectivity index (χ1n) is 8.10. The van der Waals surface area contributed by atoms with Crippen LogP contribution in [0.3, 0.4) is 0 Å². The van der Waals surface area contributed by atoms with Gasteiger partial charge >= 0.3 is 0 Å². The first-order valence-corrected chi connectivity index (χ1v) is 8.98.